The minimum atomic E-state index is -3.75. The summed E-state index contributed by atoms with van der Waals surface area (Å²) in [6, 6.07) is 15.5. The fourth-order valence-electron chi connectivity index (χ4n) is 3.28. The van der Waals surface area contributed by atoms with Gasteiger partial charge in [0, 0.05) is 19.4 Å². The molecule has 0 aromatic heterocycles. The average molecular weight is 391 g/mol. The number of fused-ring (bicyclic) bond motifs is 1. The summed E-state index contributed by atoms with van der Waals surface area (Å²) >= 11 is 0. The zero-order valence-corrected chi connectivity index (χ0v) is 15.9. The van der Waals surface area contributed by atoms with Crippen molar-refractivity contribution in [1.82, 2.24) is 0 Å². The lowest BCUT2D eigenvalue weighted by molar-refractivity contribution is -0.157. The van der Waals surface area contributed by atoms with E-state index in [2.05, 4.69) is 0 Å². The number of alkyl halides is 1. The van der Waals surface area contributed by atoms with E-state index in [0.29, 0.717) is 16.8 Å². The molecule has 7 heteroatoms. The van der Waals surface area contributed by atoms with Gasteiger partial charge in [-0.2, -0.15) is 0 Å². The Morgan fingerprint density at radius 2 is 1.81 bits per heavy atom. The number of halogens is 1. The smallest absolute Gasteiger partial charge is 0.344 e. The number of ether oxygens (including phenoxy) is 1. The van der Waals surface area contributed by atoms with Gasteiger partial charge in [-0.05, 0) is 24.1 Å². The van der Waals surface area contributed by atoms with Crippen LogP contribution in [0.2, 0.25) is 0 Å². The molecule has 0 spiro atoms. The van der Waals surface area contributed by atoms with Crippen LogP contribution in [0.1, 0.15) is 24.5 Å². The minimum absolute atomic E-state index is 0.0716. The van der Waals surface area contributed by atoms with Crippen LogP contribution >= 0.6 is 0 Å². The number of carbonyl (C=O) groups excluding carboxylic acids is 1. The van der Waals surface area contributed by atoms with Crippen molar-refractivity contribution in [1.29, 1.82) is 0 Å². The molecule has 2 aromatic rings. The van der Waals surface area contributed by atoms with Crippen molar-refractivity contribution in [3.8, 4) is 0 Å². The second kappa shape index (κ2) is 7.68. The fraction of sp³-hybridized carbons (Fsp3) is 0.350. The summed E-state index contributed by atoms with van der Waals surface area (Å²) in [5.74, 6) is -1.14. The number of para-hydroxylation sites is 1. The van der Waals surface area contributed by atoms with E-state index in [1.807, 2.05) is 6.07 Å². The molecule has 1 aliphatic rings. The molecule has 0 saturated heterocycles. The molecular formula is C20H22FNO4S. The lowest BCUT2D eigenvalue weighted by Crippen LogP contribution is -2.40. The number of benzene rings is 2. The van der Waals surface area contributed by atoms with Crippen LogP contribution in [0.5, 0.6) is 0 Å². The molecule has 144 valence electrons. The van der Waals surface area contributed by atoms with Gasteiger partial charge in [0.15, 0.2) is 0 Å². The zero-order chi connectivity index (χ0) is 19.5. The van der Waals surface area contributed by atoms with Crippen molar-refractivity contribution in [2.24, 2.45) is 0 Å². The Labute approximate surface area is 158 Å². The van der Waals surface area contributed by atoms with Crippen molar-refractivity contribution >= 4 is 21.7 Å². The highest BCUT2D eigenvalue weighted by molar-refractivity contribution is 7.92. The number of nitrogens with zero attached hydrogens (tertiary/aromatic N) is 1. The molecule has 0 bridgehead atoms. The largest absolute Gasteiger partial charge is 0.464 e. The summed E-state index contributed by atoms with van der Waals surface area (Å²) in [6.45, 7) is 1.56. The van der Waals surface area contributed by atoms with Crippen LogP contribution in [-0.4, -0.2) is 33.2 Å². The van der Waals surface area contributed by atoms with E-state index < -0.39 is 21.7 Å². The number of carbonyl (C=O) groups is 1. The van der Waals surface area contributed by atoms with E-state index in [1.54, 1.807) is 55.5 Å². The van der Waals surface area contributed by atoms with E-state index in [4.69, 9.17) is 4.74 Å². The highest BCUT2D eigenvalue weighted by Gasteiger charge is 2.44. The summed E-state index contributed by atoms with van der Waals surface area (Å²) in [6.07, 6.45) is -0.464. The fourth-order valence-corrected chi connectivity index (χ4v) is 4.90. The van der Waals surface area contributed by atoms with E-state index in [1.165, 1.54) is 4.31 Å². The number of hydrogen-bond acceptors (Lipinski definition) is 4. The SMILES string of the molecule is CCOC(=O)C1(F)CCN(S(=O)(=O)Cc2ccccc2)c2ccccc2C1. The second-order valence-corrected chi connectivity index (χ2v) is 8.45. The van der Waals surface area contributed by atoms with Crippen LogP contribution in [-0.2, 0) is 31.7 Å². The molecule has 1 unspecified atom stereocenters. The van der Waals surface area contributed by atoms with Crippen molar-refractivity contribution in [2.45, 2.75) is 31.2 Å². The molecular weight excluding hydrogens is 369 g/mol. The maximum absolute atomic E-state index is 15.4. The van der Waals surface area contributed by atoms with Gasteiger partial charge in [0.25, 0.3) is 0 Å². The van der Waals surface area contributed by atoms with E-state index in [-0.39, 0.29) is 31.7 Å². The molecule has 1 heterocycles. The van der Waals surface area contributed by atoms with Crippen LogP contribution in [0.15, 0.2) is 54.6 Å². The molecule has 0 aliphatic carbocycles. The quantitative estimate of drug-likeness (QED) is 0.734. The first-order valence-electron chi connectivity index (χ1n) is 8.84. The topological polar surface area (TPSA) is 63.7 Å². The third-order valence-corrected chi connectivity index (χ3v) is 6.36. The van der Waals surface area contributed by atoms with Crippen molar-refractivity contribution in [3.05, 3.63) is 65.7 Å². The van der Waals surface area contributed by atoms with Gasteiger partial charge in [-0.3, -0.25) is 4.31 Å². The molecule has 1 aliphatic heterocycles. The molecule has 0 radical (unpaired) electrons. The molecule has 5 nitrogen and oxygen atoms in total. The van der Waals surface area contributed by atoms with E-state index in [0.717, 1.165) is 0 Å². The minimum Gasteiger partial charge on any atom is -0.464 e. The van der Waals surface area contributed by atoms with Gasteiger partial charge >= 0.3 is 5.97 Å². The molecule has 1 atom stereocenters. The maximum Gasteiger partial charge on any atom is 0.344 e. The Morgan fingerprint density at radius 1 is 1.15 bits per heavy atom. The highest BCUT2D eigenvalue weighted by Crippen LogP contribution is 2.36. The van der Waals surface area contributed by atoms with E-state index in [9.17, 15) is 13.2 Å². The van der Waals surface area contributed by atoms with Gasteiger partial charge in [-0.1, -0.05) is 48.5 Å². The van der Waals surface area contributed by atoms with Gasteiger partial charge in [-0.25, -0.2) is 17.6 Å². The number of sulfonamides is 1. The van der Waals surface area contributed by atoms with Crippen LogP contribution in [0.25, 0.3) is 0 Å². The molecule has 0 fully saturated rings. The van der Waals surface area contributed by atoms with E-state index >= 15 is 4.39 Å². The van der Waals surface area contributed by atoms with Crippen molar-refractivity contribution in [3.63, 3.8) is 0 Å². The Morgan fingerprint density at radius 3 is 2.52 bits per heavy atom. The first-order chi connectivity index (χ1) is 12.9. The average Bonchev–Trinajstić information content (AvgIpc) is 2.79. The summed E-state index contributed by atoms with van der Waals surface area (Å²) < 4.78 is 47.6. The number of hydrogen-bond donors (Lipinski definition) is 0. The molecule has 3 rings (SSSR count). The predicted molar refractivity (Wildman–Crippen MR) is 102 cm³/mol. The zero-order valence-electron chi connectivity index (χ0n) is 15.1. The first-order valence-corrected chi connectivity index (χ1v) is 10.4. The third-order valence-electron chi connectivity index (χ3n) is 4.61. The van der Waals surface area contributed by atoms with Crippen LogP contribution in [0.3, 0.4) is 0 Å². The Kier molecular flexibility index (Phi) is 5.51. The van der Waals surface area contributed by atoms with Gasteiger partial charge in [0.05, 0.1) is 18.0 Å². The van der Waals surface area contributed by atoms with Crippen LogP contribution in [0, 0.1) is 0 Å². The lowest BCUT2D eigenvalue weighted by Gasteiger charge is -2.25. The maximum atomic E-state index is 15.4. The Hall–Kier alpha value is -2.41. The molecule has 0 amide bonds. The predicted octanol–water partition coefficient (Wildman–Crippen LogP) is 3.24. The van der Waals surface area contributed by atoms with Gasteiger partial charge < -0.3 is 4.74 Å². The Balaban J connectivity index is 1.97. The molecule has 27 heavy (non-hydrogen) atoms. The molecule has 2 aromatic carbocycles. The highest BCUT2D eigenvalue weighted by atomic mass is 32.2. The molecule has 0 N–H and O–H groups in total. The van der Waals surface area contributed by atoms with Gasteiger partial charge in [0.1, 0.15) is 0 Å². The standard InChI is InChI=1S/C20H22FNO4S/c1-2-26-19(23)20(21)12-13-22(18-11-7-6-10-17(18)14-20)27(24,25)15-16-8-4-3-5-9-16/h3-11H,2,12-15H2,1H3. The summed E-state index contributed by atoms with van der Waals surface area (Å²) in [4.78, 5) is 12.2. The Bertz CT molecular complexity index is 917. The van der Waals surface area contributed by atoms with Gasteiger partial charge in [-0.15, -0.1) is 0 Å². The number of esters is 1. The first kappa shape index (κ1) is 19.4. The van der Waals surface area contributed by atoms with Crippen molar-refractivity contribution in [2.75, 3.05) is 17.5 Å². The number of anilines is 1. The van der Waals surface area contributed by atoms with Crippen LogP contribution in [0.4, 0.5) is 10.1 Å². The number of rotatable bonds is 5. The van der Waals surface area contributed by atoms with Gasteiger partial charge in [0.2, 0.25) is 15.7 Å². The molecule has 0 saturated carbocycles. The second-order valence-electron chi connectivity index (χ2n) is 6.56. The monoisotopic (exact) mass is 391 g/mol. The lowest BCUT2D eigenvalue weighted by atomic mass is 9.94. The summed E-state index contributed by atoms with van der Waals surface area (Å²) in [5.41, 5.74) is -0.709. The summed E-state index contributed by atoms with van der Waals surface area (Å²) in [5, 5.41) is 0. The summed E-state index contributed by atoms with van der Waals surface area (Å²) in [7, 11) is -3.75. The normalized spacial score (nSPS) is 19.9. The van der Waals surface area contributed by atoms with Crippen LogP contribution < -0.4 is 4.31 Å². The van der Waals surface area contributed by atoms with Crippen molar-refractivity contribution < 1.29 is 22.3 Å². The third kappa shape index (κ3) is 4.13.